The molecule has 0 aliphatic heterocycles. The fraction of sp³-hybridized carbons (Fsp3) is 0.174. The first-order valence-corrected chi connectivity index (χ1v) is 8.69. The van der Waals surface area contributed by atoms with Crippen LogP contribution in [0.3, 0.4) is 0 Å². The molecule has 0 saturated carbocycles. The minimum atomic E-state index is -0.782. The summed E-state index contributed by atoms with van der Waals surface area (Å²) in [7, 11) is 1.58. The molecule has 0 aromatic heterocycles. The SMILES string of the molecule is COc1ccc(OC(=O)Oc2ccc(C(C)(C)c3ccccc3)cc2)cc1. The molecule has 0 aliphatic carbocycles. The summed E-state index contributed by atoms with van der Waals surface area (Å²) in [6, 6.07) is 24.5. The van der Waals surface area contributed by atoms with Crippen molar-refractivity contribution in [3.05, 3.63) is 90.0 Å². The molecular formula is C23H22O4. The van der Waals surface area contributed by atoms with Gasteiger partial charge in [-0.3, -0.25) is 0 Å². The van der Waals surface area contributed by atoms with Crippen molar-refractivity contribution in [1.29, 1.82) is 0 Å². The molecule has 0 saturated heterocycles. The molecule has 0 N–H and O–H groups in total. The molecule has 3 aromatic rings. The predicted molar refractivity (Wildman–Crippen MR) is 105 cm³/mol. The maximum Gasteiger partial charge on any atom is 0.519 e. The monoisotopic (exact) mass is 362 g/mol. The van der Waals surface area contributed by atoms with Gasteiger partial charge < -0.3 is 14.2 Å². The lowest BCUT2D eigenvalue weighted by Crippen LogP contribution is -2.19. The van der Waals surface area contributed by atoms with Gasteiger partial charge in [0.15, 0.2) is 0 Å². The fourth-order valence-electron chi connectivity index (χ4n) is 2.82. The Morgan fingerprint density at radius 3 is 1.63 bits per heavy atom. The molecule has 0 unspecified atom stereocenters. The van der Waals surface area contributed by atoms with Crippen molar-refractivity contribution in [2.45, 2.75) is 19.3 Å². The Morgan fingerprint density at radius 2 is 1.11 bits per heavy atom. The third-order valence-electron chi connectivity index (χ3n) is 4.53. The van der Waals surface area contributed by atoms with Crippen LogP contribution in [0.2, 0.25) is 0 Å². The Hall–Kier alpha value is -3.27. The van der Waals surface area contributed by atoms with E-state index in [1.807, 2.05) is 30.3 Å². The third-order valence-corrected chi connectivity index (χ3v) is 4.53. The van der Waals surface area contributed by atoms with Gasteiger partial charge >= 0.3 is 6.16 Å². The van der Waals surface area contributed by atoms with Gasteiger partial charge in [-0.05, 0) is 47.5 Å². The lowest BCUT2D eigenvalue weighted by Gasteiger charge is -2.26. The molecule has 0 radical (unpaired) electrons. The summed E-state index contributed by atoms with van der Waals surface area (Å²) in [6.07, 6.45) is -0.782. The van der Waals surface area contributed by atoms with Crippen LogP contribution >= 0.6 is 0 Å². The van der Waals surface area contributed by atoms with Crippen molar-refractivity contribution in [1.82, 2.24) is 0 Å². The second-order valence-electron chi connectivity index (χ2n) is 6.65. The van der Waals surface area contributed by atoms with Crippen LogP contribution in [0.5, 0.6) is 17.2 Å². The van der Waals surface area contributed by atoms with Gasteiger partial charge in [0.25, 0.3) is 0 Å². The van der Waals surface area contributed by atoms with E-state index < -0.39 is 6.16 Å². The van der Waals surface area contributed by atoms with Gasteiger partial charge in [0.05, 0.1) is 7.11 Å². The fourth-order valence-corrected chi connectivity index (χ4v) is 2.82. The zero-order chi connectivity index (χ0) is 19.3. The lowest BCUT2D eigenvalue weighted by molar-refractivity contribution is 0.152. The predicted octanol–water partition coefficient (Wildman–Crippen LogP) is 5.60. The first-order valence-electron chi connectivity index (χ1n) is 8.69. The van der Waals surface area contributed by atoms with Crippen molar-refractivity contribution < 1.29 is 19.0 Å². The van der Waals surface area contributed by atoms with Crippen molar-refractivity contribution in [3.8, 4) is 17.2 Å². The molecule has 138 valence electrons. The van der Waals surface area contributed by atoms with Gasteiger partial charge in [0.1, 0.15) is 17.2 Å². The average Bonchev–Trinajstić information content (AvgIpc) is 2.69. The Bertz CT molecular complexity index is 882. The van der Waals surface area contributed by atoms with Crippen LogP contribution in [-0.4, -0.2) is 13.3 Å². The van der Waals surface area contributed by atoms with Crippen molar-refractivity contribution in [2.75, 3.05) is 7.11 Å². The summed E-state index contributed by atoms with van der Waals surface area (Å²) < 4.78 is 15.5. The molecule has 3 rings (SSSR count). The lowest BCUT2D eigenvalue weighted by atomic mass is 9.78. The average molecular weight is 362 g/mol. The number of carbonyl (C=O) groups excluding carboxylic acids is 1. The highest BCUT2D eigenvalue weighted by molar-refractivity contribution is 5.67. The number of hydrogen-bond acceptors (Lipinski definition) is 4. The van der Waals surface area contributed by atoms with Crippen LogP contribution in [0.15, 0.2) is 78.9 Å². The van der Waals surface area contributed by atoms with E-state index in [0.717, 1.165) is 5.56 Å². The van der Waals surface area contributed by atoms with Gasteiger partial charge in [-0.2, -0.15) is 0 Å². The maximum atomic E-state index is 12.0. The third kappa shape index (κ3) is 4.47. The molecule has 3 aromatic carbocycles. The standard InChI is InChI=1S/C23H22O4/c1-23(2,17-7-5-4-6-8-17)18-9-11-20(12-10-18)26-22(24)27-21-15-13-19(25-3)14-16-21/h4-16H,1-3H3. The highest BCUT2D eigenvalue weighted by Crippen LogP contribution is 2.32. The molecule has 27 heavy (non-hydrogen) atoms. The summed E-state index contributed by atoms with van der Waals surface area (Å²) in [5, 5.41) is 0. The molecule has 0 heterocycles. The number of carbonyl (C=O) groups is 1. The van der Waals surface area contributed by atoms with E-state index in [0.29, 0.717) is 17.2 Å². The van der Waals surface area contributed by atoms with E-state index >= 15 is 0 Å². The van der Waals surface area contributed by atoms with Gasteiger partial charge in [-0.15, -0.1) is 0 Å². The van der Waals surface area contributed by atoms with Crippen LogP contribution in [0, 0.1) is 0 Å². The zero-order valence-electron chi connectivity index (χ0n) is 15.6. The van der Waals surface area contributed by atoms with E-state index in [4.69, 9.17) is 14.2 Å². The second kappa shape index (κ2) is 7.96. The summed E-state index contributed by atoms with van der Waals surface area (Å²) in [5.74, 6) is 1.51. The van der Waals surface area contributed by atoms with E-state index in [2.05, 4.69) is 26.0 Å². The molecular weight excluding hydrogens is 340 g/mol. The first-order chi connectivity index (χ1) is 13.0. The van der Waals surface area contributed by atoms with Crippen LogP contribution in [0.4, 0.5) is 4.79 Å². The largest absolute Gasteiger partial charge is 0.519 e. The molecule has 0 atom stereocenters. The number of rotatable bonds is 5. The Kier molecular flexibility index (Phi) is 5.46. The van der Waals surface area contributed by atoms with Crippen molar-refractivity contribution >= 4 is 6.16 Å². The van der Waals surface area contributed by atoms with E-state index in [1.54, 1.807) is 43.5 Å². The Morgan fingerprint density at radius 1 is 0.667 bits per heavy atom. The molecule has 4 heteroatoms. The smallest absolute Gasteiger partial charge is 0.497 e. The summed E-state index contributed by atoms with van der Waals surface area (Å²) in [4.78, 5) is 12.0. The normalized spacial score (nSPS) is 10.9. The molecule has 4 nitrogen and oxygen atoms in total. The van der Waals surface area contributed by atoms with Crippen LogP contribution in [0.1, 0.15) is 25.0 Å². The highest BCUT2D eigenvalue weighted by Gasteiger charge is 2.22. The number of ether oxygens (including phenoxy) is 3. The number of benzene rings is 3. The van der Waals surface area contributed by atoms with E-state index in [1.165, 1.54) is 5.56 Å². The number of hydrogen-bond donors (Lipinski definition) is 0. The second-order valence-corrected chi connectivity index (χ2v) is 6.65. The minimum absolute atomic E-state index is 0.149. The molecule has 0 aliphatic rings. The van der Waals surface area contributed by atoms with Crippen molar-refractivity contribution in [2.24, 2.45) is 0 Å². The van der Waals surface area contributed by atoms with Gasteiger partial charge in [-0.25, -0.2) is 4.79 Å². The molecule has 0 fully saturated rings. The summed E-state index contributed by atoms with van der Waals surface area (Å²) >= 11 is 0. The van der Waals surface area contributed by atoms with Crippen molar-refractivity contribution in [3.63, 3.8) is 0 Å². The van der Waals surface area contributed by atoms with Gasteiger partial charge in [0, 0.05) is 5.41 Å². The highest BCUT2D eigenvalue weighted by atomic mass is 16.7. The zero-order valence-corrected chi connectivity index (χ0v) is 15.6. The van der Waals surface area contributed by atoms with E-state index in [-0.39, 0.29) is 5.41 Å². The van der Waals surface area contributed by atoms with Gasteiger partial charge in [0.2, 0.25) is 0 Å². The van der Waals surface area contributed by atoms with Crippen LogP contribution in [0.25, 0.3) is 0 Å². The molecule has 0 bridgehead atoms. The molecule has 0 amide bonds. The maximum absolute atomic E-state index is 12.0. The number of methoxy groups -OCH3 is 1. The van der Waals surface area contributed by atoms with Crippen LogP contribution < -0.4 is 14.2 Å². The van der Waals surface area contributed by atoms with Crippen LogP contribution in [-0.2, 0) is 5.41 Å². The van der Waals surface area contributed by atoms with Gasteiger partial charge in [-0.1, -0.05) is 56.3 Å². The Labute approximate surface area is 159 Å². The quantitative estimate of drug-likeness (QED) is 0.438. The Balaban J connectivity index is 1.65. The summed E-state index contributed by atoms with van der Waals surface area (Å²) in [5.41, 5.74) is 2.20. The minimum Gasteiger partial charge on any atom is -0.497 e. The summed E-state index contributed by atoms with van der Waals surface area (Å²) in [6.45, 7) is 4.33. The van der Waals surface area contributed by atoms with E-state index in [9.17, 15) is 4.79 Å². The topological polar surface area (TPSA) is 44.8 Å². The first kappa shape index (κ1) is 18.5. The molecule has 0 spiro atoms.